The van der Waals surface area contributed by atoms with Crippen LogP contribution < -0.4 is 18.9 Å². The SMILES string of the molecule is C=CC.[Cu].[H-].[Li+]. The van der Waals surface area contributed by atoms with Crippen LogP contribution in [0.15, 0.2) is 12.7 Å². The minimum Gasteiger partial charge on any atom is -1.00 e. The fourth-order valence-corrected chi connectivity index (χ4v) is 0. The normalized spacial score (nSPS) is 2.60. The van der Waals surface area contributed by atoms with Crippen LogP contribution in [-0.2, 0) is 17.1 Å². The van der Waals surface area contributed by atoms with Crippen molar-refractivity contribution in [2.75, 3.05) is 0 Å². The van der Waals surface area contributed by atoms with Gasteiger partial charge in [-0.1, -0.05) is 6.08 Å². The van der Waals surface area contributed by atoms with Crippen LogP contribution in [0.3, 0.4) is 0 Å². The molecule has 0 nitrogen and oxygen atoms in total. The third-order valence-corrected chi connectivity index (χ3v) is 0. The summed E-state index contributed by atoms with van der Waals surface area (Å²) in [6.07, 6.45) is 1.75. The molecule has 0 spiro atoms. The maximum atomic E-state index is 3.36. The molecule has 0 amide bonds. The van der Waals surface area contributed by atoms with Gasteiger partial charge >= 0.3 is 18.9 Å². The molecule has 31 valence electrons. The van der Waals surface area contributed by atoms with Gasteiger partial charge in [0.15, 0.2) is 0 Å². The Balaban J connectivity index is -0.00000000667. The molecule has 0 bridgehead atoms. The zero-order valence-electron chi connectivity index (χ0n) is 4.59. The standard InChI is InChI=1S/C3H6.Cu.Li.H/c1-3-2;;;/h3H,1H2,2H3;;;/q;;+1;-1. The van der Waals surface area contributed by atoms with Gasteiger partial charge in [0.05, 0.1) is 0 Å². The largest absolute Gasteiger partial charge is 1.00 e. The molecule has 0 aromatic heterocycles. The van der Waals surface area contributed by atoms with Gasteiger partial charge in [-0.05, 0) is 6.92 Å². The number of allylic oxidation sites excluding steroid dienone is 1. The predicted molar refractivity (Wildman–Crippen MR) is 17.0 cm³/mol. The number of hydrogen-bond acceptors (Lipinski definition) is 0. The Hall–Kier alpha value is 0.857. The van der Waals surface area contributed by atoms with Crippen molar-refractivity contribution in [3.05, 3.63) is 12.7 Å². The first-order chi connectivity index (χ1) is 1.41. The Bertz CT molecular complexity index is 18.3. The van der Waals surface area contributed by atoms with E-state index in [2.05, 4.69) is 6.58 Å². The van der Waals surface area contributed by atoms with E-state index in [9.17, 15) is 0 Å². The average Bonchev–Trinajstić information content (AvgIpc) is 0.918. The Morgan fingerprint density at radius 1 is 1.80 bits per heavy atom. The fraction of sp³-hybridized carbons (Fsp3) is 0.333. The minimum atomic E-state index is 0. The molecule has 0 aromatic carbocycles. The Morgan fingerprint density at radius 2 is 1.80 bits per heavy atom. The molecule has 0 saturated heterocycles. The van der Waals surface area contributed by atoms with E-state index in [4.69, 9.17) is 0 Å². The van der Waals surface area contributed by atoms with Gasteiger partial charge in [0.1, 0.15) is 0 Å². The summed E-state index contributed by atoms with van der Waals surface area (Å²) in [6.45, 7) is 5.25. The van der Waals surface area contributed by atoms with Crippen molar-refractivity contribution in [2.24, 2.45) is 0 Å². The molecule has 0 aliphatic carbocycles. The minimum absolute atomic E-state index is 0. The molecule has 2 heteroatoms. The van der Waals surface area contributed by atoms with Crippen molar-refractivity contribution in [1.29, 1.82) is 0 Å². The number of hydrogen-bond donors (Lipinski definition) is 0. The van der Waals surface area contributed by atoms with E-state index in [1.54, 1.807) is 6.08 Å². The van der Waals surface area contributed by atoms with Crippen molar-refractivity contribution in [3.8, 4) is 0 Å². The summed E-state index contributed by atoms with van der Waals surface area (Å²) in [5.74, 6) is 0. The van der Waals surface area contributed by atoms with Crippen LogP contribution in [0.2, 0.25) is 0 Å². The van der Waals surface area contributed by atoms with E-state index in [0.717, 1.165) is 0 Å². The summed E-state index contributed by atoms with van der Waals surface area (Å²) in [5.41, 5.74) is 0. The average molecular weight is 114 g/mol. The molecule has 0 atom stereocenters. The predicted octanol–water partition coefficient (Wildman–Crippen LogP) is -1.69. The summed E-state index contributed by atoms with van der Waals surface area (Å²) in [5, 5.41) is 0. The Kier molecular flexibility index (Phi) is 70.9. The second-order valence-corrected chi connectivity index (χ2v) is 0.408. The van der Waals surface area contributed by atoms with Crippen LogP contribution in [0.5, 0.6) is 0 Å². The molecule has 0 aliphatic heterocycles. The topological polar surface area (TPSA) is 0 Å². The molecule has 0 heterocycles. The molecule has 0 unspecified atom stereocenters. The van der Waals surface area contributed by atoms with E-state index in [1.165, 1.54) is 0 Å². The molecule has 0 N–H and O–H groups in total. The summed E-state index contributed by atoms with van der Waals surface area (Å²) < 4.78 is 0. The van der Waals surface area contributed by atoms with Crippen LogP contribution in [0.25, 0.3) is 0 Å². The zero-order valence-corrected chi connectivity index (χ0v) is 4.53. The fourth-order valence-electron chi connectivity index (χ4n) is 0. The molecular weight excluding hydrogens is 107 g/mol. The van der Waals surface area contributed by atoms with Crippen molar-refractivity contribution < 1.29 is 37.4 Å². The third-order valence-electron chi connectivity index (χ3n) is 0. The van der Waals surface area contributed by atoms with E-state index in [-0.39, 0.29) is 37.4 Å². The second kappa shape index (κ2) is 21.0. The van der Waals surface area contributed by atoms with Gasteiger partial charge in [-0.3, -0.25) is 0 Å². The van der Waals surface area contributed by atoms with E-state index in [1.807, 2.05) is 6.92 Å². The summed E-state index contributed by atoms with van der Waals surface area (Å²) in [6, 6.07) is 0. The van der Waals surface area contributed by atoms with Gasteiger partial charge in [-0.25, -0.2) is 0 Å². The van der Waals surface area contributed by atoms with E-state index in [0.29, 0.717) is 0 Å². The molecule has 0 rings (SSSR count). The first-order valence-corrected chi connectivity index (χ1v) is 0.986. The van der Waals surface area contributed by atoms with Crippen LogP contribution in [0.1, 0.15) is 8.35 Å². The van der Waals surface area contributed by atoms with E-state index >= 15 is 0 Å². The second-order valence-electron chi connectivity index (χ2n) is 0.408. The van der Waals surface area contributed by atoms with Crippen molar-refractivity contribution in [2.45, 2.75) is 6.92 Å². The quantitative estimate of drug-likeness (QED) is 0.260. The number of rotatable bonds is 0. The van der Waals surface area contributed by atoms with Crippen molar-refractivity contribution in [3.63, 3.8) is 0 Å². The van der Waals surface area contributed by atoms with Gasteiger partial charge < -0.3 is 1.43 Å². The van der Waals surface area contributed by atoms with Gasteiger partial charge in [0, 0.05) is 17.1 Å². The van der Waals surface area contributed by atoms with Gasteiger partial charge in [0.2, 0.25) is 0 Å². The van der Waals surface area contributed by atoms with Crippen molar-refractivity contribution in [1.82, 2.24) is 0 Å². The maximum absolute atomic E-state index is 3.36. The van der Waals surface area contributed by atoms with Gasteiger partial charge in [-0.15, -0.1) is 6.58 Å². The smallest absolute Gasteiger partial charge is 1.00 e. The molecule has 0 saturated carbocycles. The van der Waals surface area contributed by atoms with Crippen LogP contribution in [-0.4, -0.2) is 0 Å². The van der Waals surface area contributed by atoms with Crippen LogP contribution >= 0.6 is 0 Å². The molecule has 1 radical (unpaired) electrons. The third kappa shape index (κ3) is 54.0. The monoisotopic (exact) mass is 113 g/mol. The molecular formula is C3H7CuLi. The van der Waals surface area contributed by atoms with Crippen molar-refractivity contribution >= 4 is 0 Å². The van der Waals surface area contributed by atoms with Gasteiger partial charge in [0.25, 0.3) is 0 Å². The Morgan fingerprint density at radius 3 is 1.80 bits per heavy atom. The molecule has 0 aromatic rings. The Labute approximate surface area is 57.2 Å². The molecule has 0 aliphatic rings. The summed E-state index contributed by atoms with van der Waals surface area (Å²) in [4.78, 5) is 0. The molecule has 0 fully saturated rings. The first-order valence-electron chi connectivity index (χ1n) is 0.986. The summed E-state index contributed by atoms with van der Waals surface area (Å²) in [7, 11) is 0. The summed E-state index contributed by atoms with van der Waals surface area (Å²) >= 11 is 0. The maximum Gasteiger partial charge on any atom is 1.00 e. The molecule has 5 heavy (non-hydrogen) atoms. The van der Waals surface area contributed by atoms with Crippen LogP contribution in [0.4, 0.5) is 0 Å². The first kappa shape index (κ1) is 16.9. The van der Waals surface area contributed by atoms with Crippen LogP contribution in [0, 0.1) is 0 Å². The van der Waals surface area contributed by atoms with E-state index < -0.39 is 0 Å². The zero-order chi connectivity index (χ0) is 2.71. The van der Waals surface area contributed by atoms with Gasteiger partial charge in [-0.2, -0.15) is 0 Å².